The second-order valence-electron chi connectivity index (χ2n) is 7.28. The summed E-state index contributed by atoms with van der Waals surface area (Å²) in [7, 11) is 0. The van der Waals surface area contributed by atoms with Crippen LogP contribution < -0.4 is 5.43 Å². The van der Waals surface area contributed by atoms with Crippen LogP contribution in [0.15, 0.2) is 84.1 Å². The molecule has 0 bridgehead atoms. The molecule has 6 nitrogen and oxygen atoms in total. The molecule has 0 aliphatic carbocycles. The Morgan fingerprint density at radius 3 is 2.58 bits per heavy atom. The van der Waals surface area contributed by atoms with Gasteiger partial charge in [-0.25, -0.2) is 10.1 Å². The second kappa shape index (κ2) is 8.67. The van der Waals surface area contributed by atoms with Crippen LogP contribution in [-0.2, 0) is 0 Å². The van der Waals surface area contributed by atoms with Crippen molar-refractivity contribution < 1.29 is 9.90 Å². The van der Waals surface area contributed by atoms with E-state index in [9.17, 15) is 9.90 Å². The molecular weight excluding hydrogens is 388 g/mol. The highest BCUT2D eigenvalue weighted by molar-refractivity contribution is 5.96. The van der Waals surface area contributed by atoms with Crippen molar-refractivity contribution in [2.45, 2.75) is 13.8 Å². The molecule has 0 spiro atoms. The first-order chi connectivity index (χ1) is 15.0. The zero-order valence-electron chi connectivity index (χ0n) is 17.3. The Balaban J connectivity index is 1.67. The third-order valence-corrected chi connectivity index (χ3v) is 4.88. The zero-order chi connectivity index (χ0) is 21.8. The van der Waals surface area contributed by atoms with Gasteiger partial charge in [0.25, 0.3) is 5.91 Å². The van der Waals surface area contributed by atoms with Gasteiger partial charge in [0.2, 0.25) is 0 Å². The number of nitrogens with zero attached hydrogens (tertiary/aromatic N) is 3. The smallest absolute Gasteiger partial charge is 0.271 e. The predicted molar refractivity (Wildman–Crippen MR) is 122 cm³/mol. The average Bonchev–Trinajstić information content (AvgIpc) is 3.18. The Morgan fingerprint density at radius 2 is 1.84 bits per heavy atom. The van der Waals surface area contributed by atoms with E-state index in [1.165, 1.54) is 17.7 Å². The van der Waals surface area contributed by atoms with E-state index >= 15 is 0 Å². The van der Waals surface area contributed by atoms with Crippen molar-refractivity contribution in [2.75, 3.05) is 0 Å². The number of rotatable bonds is 5. The molecule has 0 aliphatic rings. The van der Waals surface area contributed by atoms with Gasteiger partial charge in [0.05, 0.1) is 11.9 Å². The monoisotopic (exact) mass is 410 g/mol. The number of para-hydroxylation sites is 1. The second-order valence-corrected chi connectivity index (χ2v) is 7.28. The molecule has 0 aliphatic heterocycles. The molecule has 0 saturated carbocycles. The third-order valence-electron chi connectivity index (χ3n) is 4.88. The summed E-state index contributed by atoms with van der Waals surface area (Å²) in [5.41, 5.74) is 8.59. The molecule has 0 radical (unpaired) electrons. The molecule has 0 fully saturated rings. The van der Waals surface area contributed by atoms with Gasteiger partial charge in [0.1, 0.15) is 11.4 Å². The number of benzene rings is 3. The van der Waals surface area contributed by atoms with Crippen LogP contribution in [0, 0.1) is 13.8 Å². The number of nitrogens with one attached hydrogen (secondary N) is 1. The van der Waals surface area contributed by atoms with Crippen molar-refractivity contribution in [2.24, 2.45) is 5.10 Å². The van der Waals surface area contributed by atoms with Crippen molar-refractivity contribution in [1.82, 2.24) is 15.2 Å². The van der Waals surface area contributed by atoms with Crippen molar-refractivity contribution >= 4 is 12.1 Å². The maximum atomic E-state index is 12.3. The number of hydrogen-bond acceptors (Lipinski definition) is 4. The first-order valence-electron chi connectivity index (χ1n) is 9.86. The Bertz CT molecular complexity index is 1260. The van der Waals surface area contributed by atoms with E-state index in [2.05, 4.69) is 36.5 Å². The lowest BCUT2D eigenvalue weighted by Crippen LogP contribution is -2.17. The highest BCUT2D eigenvalue weighted by Gasteiger charge is 2.13. The number of hydrazone groups is 1. The lowest BCUT2D eigenvalue weighted by atomic mass is 10.0. The van der Waals surface area contributed by atoms with Crippen LogP contribution in [0.25, 0.3) is 16.9 Å². The number of aromatic nitrogens is 2. The largest absolute Gasteiger partial charge is 0.508 e. The number of carbonyl (C=O) groups excluding carboxylic acids is 1. The van der Waals surface area contributed by atoms with Crippen LogP contribution in [0.5, 0.6) is 5.75 Å². The zero-order valence-corrected chi connectivity index (χ0v) is 17.3. The van der Waals surface area contributed by atoms with E-state index in [0.717, 1.165) is 28.1 Å². The van der Waals surface area contributed by atoms with Crippen LogP contribution in [0.4, 0.5) is 0 Å². The Morgan fingerprint density at radius 1 is 1.03 bits per heavy atom. The predicted octanol–water partition coefficient (Wildman–Crippen LogP) is 4.63. The topological polar surface area (TPSA) is 79.5 Å². The summed E-state index contributed by atoms with van der Waals surface area (Å²) >= 11 is 0. The summed E-state index contributed by atoms with van der Waals surface area (Å²) in [6.07, 6.45) is 3.47. The molecule has 4 rings (SSSR count). The first-order valence-corrected chi connectivity index (χ1v) is 9.86. The summed E-state index contributed by atoms with van der Waals surface area (Å²) < 4.78 is 1.80. The molecule has 1 heterocycles. The maximum Gasteiger partial charge on any atom is 0.271 e. The van der Waals surface area contributed by atoms with Gasteiger partial charge >= 0.3 is 0 Å². The molecule has 1 amide bonds. The summed E-state index contributed by atoms with van der Waals surface area (Å²) in [5.74, 6) is -0.381. The maximum absolute atomic E-state index is 12.3. The fourth-order valence-electron chi connectivity index (χ4n) is 3.36. The number of phenolic OH excluding ortho intramolecular Hbond substituents is 1. The minimum Gasteiger partial charge on any atom is -0.508 e. The minimum absolute atomic E-state index is 0.0258. The Kier molecular flexibility index (Phi) is 5.62. The Labute approximate surface area is 180 Å². The molecule has 0 atom stereocenters. The molecule has 4 aromatic rings. The standard InChI is InChI=1S/C25H22N4O2/c1-17-11-12-23(18(2)13-17)24-20(16-29(28-24)21-8-4-3-5-9-21)15-26-27-25(31)19-7-6-10-22(30)14-19/h3-16,30H,1-2H3,(H,27,31)/b26-15-. The van der Waals surface area contributed by atoms with Gasteiger partial charge in [0, 0.05) is 22.9 Å². The van der Waals surface area contributed by atoms with Crippen LogP contribution in [0.3, 0.4) is 0 Å². The molecule has 154 valence electrons. The fourth-order valence-corrected chi connectivity index (χ4v) is 3.36. The molecule has 1 aromatic heterocycles. The number of aromatic hydroxyl groups is 1. The van der Waals surface area contributed by atoms with Gasteiger partial charge in [-0.2, -0.15) is 10.2 Å². The fraction of sp³-hybridized carbons (Fsp3) is 0.0800. The molecular formula is C25H22N4O2. The van der Waals surface area contributed by atoms with E-state index < -0.39 is 5.91 Å². The molecule has 31 heavy (non-hydrogen) atoms. The summed E-state index contributed by atoms with van der Waals surface area (Å²) in [4.78, 5) is 12.3. The van der Waals surface area contributed by atoms with Crippen molar-refractivity contribution in [1.29, 1.82) is 0 Å². The molecule has 3 aromatic carbocycles. The van der Waals surface area contributed by atoms with Crippen LogP contribution in [-0.4, -0.2) is 27.0 Å². The number of hydrogen-bond donors (Lipinski definition) is 2. The van der Waals surface area contributed by atoms with Gasteiger partial charge < -0.3 is 5.11 Å². The molecule has 0 saturated heterocycles. The van der Waals surface area contributed by atoms with Gasteiger partial charge in [-0.3, -0.25) is 4.79 Å². The summed E-state index contributed by atoms with van der Waals surface area (Å²) in [5, 5.41) is 18.5. The normalized spacial score (nSPS) is 11.0. The Hall–Kier alpha value is -4.19. The first kappa shape index (κ1) is 20.1. The quantitative estimate of drug-likeness (QED) is 0.372. The highest BCUT2D eigenvalue weighted by Crippen LogP contribution is 2.26. The van der Waals surface area contributed by atoms with E-state index in [4.69, 9.17) is 5.10 Å². The number of aryl methyl sites for hydroxylation is 2. The van der Waals surface area contributed by atoms with Crippen LogP contribution in [0.2, 0.25) is 0 Å². The lowest BCUT2D eigenvalue weighted by Gasteiger charge is -2.05. The average molecular weight is 410 g/mol. The number of carbonyl (C=O) groups is 1. The van der Waals surface area contributed by atoms with Crippen molar-refractivity contribution in [3.05, 3.63) is 101 Å². The van der Waals surface area contributed by atoms with E-state index in [-0.39, 0.29) is 5.75 Å². The van der Waals surface area contributed by atoms with Gasteiger partial charge in [-0.15, -0.1) is 0 Å². The highest BCUT2D eigenvalue weighted by atomic mass is 16.3. The third kappa shape index (κ3) is 4.53. The van der Waals surface area contributed by atoms with Gasteiger partial charge in [0.15, 0.2) is 0 Å². The molecule has 2 N–H and O–H groups in total. The van der Waals surface area contributed by atoms with Gasteiger partial charge in [-0.1, -0.05) is 48.0 Å². The summed E-state index contributed by atoms with van der Waals surface area (Å²) in [6, 6.07) is 22.1. The minimum atomic E-state index is -0.407. The molecule has 6 heteroatoms. The van der Waals surface area contributed by atoms with Gasteiger partial charge in [-0.05, 0) is 49.7 Å². The SMILES string of the molecule is Cc1ccc(-c2nn(-c3ccccc3)cc2/C=N\NC(=O)c2cccc(O)c2)c(C)c1. The summed E-state index contributed by atoms with van der Waals surface area (Å²) in [6.45, 7) is 4.10. The van der Waals surface area contributed by atoms with E-state index in [1.807, 2.05) is 42.6 Å². The number of phenols is 1. The van der Waals surface area contributed by atoms with Crippen molar-refractivity contribution in [3.63, 3.8) is 0 Å². The van der Waals surface area contributed by atoms with Crippen molar-refractivity contribution in [3.8, 4) is 22.7 Å². The molecule has 0 unspecified atom stereocenters. The van der Waals surface area contributed by atoms with E-state index in [1.54, 1.807) is 23.0 Å². The lowest BCUT2D eigenvalue weighted by molar-refractivity contribution is 0.0954. The van der Waals surface area contributed by atoms with E-state index in [0.29, 0.717) is 5.56 Å². The van der Waals surface area contributed by atoms with Crippen LogP contribution in [0.1, 0.15) is 27.0 Å². The van der Waals surface area contributed by atoms with Crippen LogP contribution >= 0.6 is 0 Å². The number of amides is 1.